The first-order valence-electron chi connectivity index (χ1n) is 13.9. The minimum Gasteiger partial charge on any atom is -0.343 e. The highest BCUT2D eigenvalue weighted by atomic mass is 16.2. The molecule has 0 spiro atoms. The van der Waals surface area contributed by atoms with Crippen LogP contribution in [0.2, 0.25) is 0 Å². The molecule has 0 aliphatic carbocycles. The van der Waals surface area contributed by atoms with Crippen LogP contribution in [0.15, 0.2) is 0 Å². The molecule has 12 nitrogen and oxygen atoms in total. The molecule has 0 aromatic carbocycles. The summed E-state index contributed by atoms with van der Waals surface area (Å²) in [4.78, 5) is 78.2. The Bertz CT molecular complexity index is 899. The Kier molecular flexibility index (Phi) is 13.4. The van der Waals surface area contributed by atoms with Crippen LogP contribution in [0, 0.1) is 17.8 Å². The van der Waals surface area contributed by atoms with E-state index in [1.54, 1.807) is 6.92 Å². The average molecular weight is 553 g/mol. The largest absolute Gasteiger partial charge is 0.343 e. The number of amides is 6. The quantitative estimate of drug-likeness (QED) is 0.273. The third-order valence-electron chi connectivity index (χ3n) is 6.73. The van der Waals surface area contributed by atoms with Gasteiger partial charge in [-0.2, -0.15) is 0 Å². The first-order valence-corrected chi connectivity index (χ1v) is 13.9. The van der Waals surface area contributed by atoms with Gasteiger partial charge in [0, 0.05) is 0 Å². The minimum atomic E-state index is -1.00. The smallest absolute Gasteiger partial charge is 0.243 e. The second-order valence-electron chi connectivity index (χ2n) is 11.4. The molecule has 1 saturated heterocycles. The second-order valence-corrected chi connectivity index (χ2v) is 11.4. The maximum atomic E-state index is 13.1. The zero-order chi connectivity index (χ0) is 30.0. The van der Waals surface area contributed by atoms with E-state index in [0.717, 1.165) is 0 Å². The molecular formula is C27H48N6O6. The summed E-state index contributed by atoms with van der Waals surface area (Å²) < 4.78 is 0. The molecule has 1 heterocycles. The molecule has 0 saturated carbocycles. The van der Waals surface area contributed by atoms with Gasteiger partial charge in [-0.25, -0.2) is 0 Å². The molecule has 1 fully saturated rings. The highest BCUT2D eigenvalue weighted by molar-refractivity contribution is 5.98. The summed E-state index contributed by atoms with van der Waals surface area (Å²) in [5.41, 5.74) is 0. The van der Waals surface area contributed by atoms with Crippen molar-refractivity contribution in [1.29, 1.82) is 0 Å². The summed E-state index contributed by atoms with van der Waals surface area (Å²) >= 11 is 0. The number of rotatable bonds is 6. The van der Waals surface area contributed by atoms with Crippen LogP contribution >= 0.6 is 0 Å². The van der Waals surface area contributed by atoms with E-state index in [-0.39, 0.29) is 17.8 Å². The topological polar surface area (TPSA) is 175 Å². The Morgan fingerprint density at radius 1 is 0.513 bits per heavy atom. The Balaban J connectivity index is 3.41. The summed E-state index contributed by atoms with van der Waals surface area (Å²) in [5.74, 6) is -3.57. The fourth-order valence-electron chi connectivity index (χ4n) is 4.11. The van der Waals surface area contributed by atoms with Gasteiger partial charge in [0.05, 0.1) is 0 Å². The van der Waals surface area contributed by atoms with Gasteiger partial charge in [0.15, 0.2) is 0 Å². The number of hydrogen-bond acceptors (Lipinski definition) is 6. The standard InChI is InChI=1S/C27H48N6O6/c1-10-15(6)21-27(39)30-17(8)23(35)32-19(11-13(2)3)25(37)28-16(7)22(34)31-20(12-14(4)5)26(38)29-18(9)24(36)33-21/h13-21H,10-12H2,1-9H3,(H,28,37)(H,29,38)(H,30,39)(H,31,34)(H,32,35)(H,33,36)/t15-,16-,17-,18-,19-,20-,21-/m0/s1. The maximum absolute atomic E-state index is 13.1. The minimum absolute atomic E-state index is 0.0408. The van der Waals surface area contributed by atoms with Crippen LogP contribution in [0.3, 0.4) is 0 Å². The van der Waals surface area contributed by atoms with E-state index in [9.17, 15) is 28.8 Å². The monoisotopic (exact) mass is 552 g/mol. The van der Waals surface area contributed by atoms with Gasteiger partial charge >= 0.3 is 0 Å². The lowest BCUT2D eigenvalue weighted by Crippen LogP contribution is -2.61. The summed E-state index contributed by atoms with van der Waals surface area (Å²) in [6.45, 7) is 15.7. The molecule has 0 aromatic rings. The molecule has 0 aromatic heterocycles. The van der Waals surface area contributed by atoms with Gasteiger partial charge in [-0.3, -0.25) is 28.8 Å². The van der Waals surface area contributed by atoms with Crippen LogP contribution in [0.5, 0.6) is 0 Å². The van der Waals surface area contributed by atoms with E-state index >= 15 is 0 Å². The van der Waals surface area contributed by atoms with Crippen LogP contribution in [0.25, 0.3) is 0 Å². The van der Waals surface area contributed by atoms with Crippen molar-refractivity contribution in [2.75, 3.05) is 0 Å². The number of hydrogen-bond donors (Lipinski definition) is 6. The van der Waals surface area contributed by atoms with Crippen LogP contribution < -0.4 is 31.9 Å². The highest BCUT2D eigenvalue weighted by Crippen LogP contribution is 2.11. The molecule has 0 radical (unpaired) electrons. The lowest BCUT2D eigenvalue weighted by molar-refractivity contribution is -0.137. The number of carbonyl (C=O) groups is 6. The van der Waals surface area contributed by atoms with E-state index in [4.69, 9.17) is 0 Å². The molecule has 6 N–H and O–H groups in total. The van der Waals surface area contributed by atoms with Gasteiger partial charge in [0.2, 0.25) is 35.4 Å². The molecule has 0 bridgehead atoms. The van der Waals surface area contributed by atoms with E-state index in [1.165, 1.54) is 20.8 Å². The summed E-state index contributed by atoms with van der Waals surface area (Å²) in [7, 11) is 0. The number of nitrogens with one attached hydrogen (secondary N) is 6. The lowest BCUT2D eigenvalue weighted by Gasteiger charge is -2.29. The fourth-order valence-corrected chi connectivity index (χ4v) is 4.11. The molecule has 12 heteroatoms. The molecule has 222 valence electrons. The average Bonchev–Trinajstić information content (AvgIpc) is 2.84. The van der Waals surface area contributed by atoms with Crippen molar-refractivity contribution in [2.45, 2.75) is 118 Å². The van der Waals surface area contributed by atoms with Crippen molar-refractivity contribution >= 4 is 35.4 Å². The van der Waals surface area contributed by atoms with Crippen molar-refractivity contribution in [3.8, 4) is 0 Å². The van der Waals surface area contributed by atoms with E-state index in [0.29, 0.717) is 19.3 Å². The molecule has 1 aliphatic heterocycles. The second kappa shape index (κ2) is 15.4. The lowest BCUT2D eigenvalue weighted by atomic mass is 9.97. The SMILES string of the molecule is CC[C@H](C)[C@@H]1NC(=O)[C@H](C)NC(=O)[C@H](CC(C)C)NC(=O)[C@H](C)NC(=O)[C@H](CC(C)C)NC(=O)[C@H](C)NC1=O. The molecule has 1 aliphatic rings. The normalized spacial score (nSPS) is 29.3. The zero-order valence-corrected chi connectivity index (χ0v) is 24.8. The van der Waals surface area contributed by atoms with Gasteiger partial charge < -0.3 is 31.9 Å². The first-order chi connectivity index (χ1) is 18.1. The summed E-state index contributed by atoms with van der Waals surface area (Å²) in [6.07, 6.45) is 1.17. The zero-order valence-electron chi connectivity index (χ0n) is 24.8. The van der Waals surface area contributed by atoms with Crippen molar-refractivity contribution in [2.24, 2.45) is 17.8 Å². The Morgan fingerprint density at radius 2 is 0.846 bits per heavy atom. The Hall–Kier alpha value is -3.18. The van der Waals surface area contributed by atoms with Crippen molar-refractivity contribution in [1.82, 2.24) is 31.9 Å². The Labute approximate surface area is 231 Å². The summed E-state index contributed by atoms with van der Waals surface area (Å²) in [6, 6.07) is -5.87. The van der Waals surface area contributed by atoms with Crippen LogP contribution in [0.4, 0.5) is 0 Å². The third kappa shape index (κ3) is 10.8. The Morgan fingerprint density at radius 3 is 1.18 bits per heavy atom. The van der Waals surface area contributed by atoms with Crippen LogP contribution in [-0.4, -0.2) is 71.7 Å². The van der Waals surface area contributed by atoms with Crippen molar-refractivity contribution in [3.05, 3.63) is 0 Å². The molecule has 1 rings (SSSR count). The van der Waals surface area contributed by atoms with E-state index in [2.05, 4.69) is 31.9 Å². The highest BCUT2D eigenvalue weighted by Gasteiger charge is 2.33. The third-order valence-corrected chi connectivity index (χ3v) is 6.73. The predicted molar refractivity (Wildman–Crippen MR) is 147 cm³/mol. The molecule has 39 heavy (non-hydrogen) atoms. The van der Waals surface area contributed by atoms with Gasteiger partial charge in [-0.15, -0.1) is 0 Å². The molecule has 0 unspecified atom stereocenters. The van der Waals surface area contributed by atoms with Gasteiger partial charge in [0.1, 0.15) is 36.3 Å². The van der Waals surface area contributed by atoms with Gasteiger partial charge in [-0.1, -0.05) is 48.0 Å². The van der Waals surface area contributed by atoms with E-state index in [1.807, 2.05) is 34.6 Å². The predicted octanol–water partition coefficient (Wildman–Crippen LogP) is 0.107. The van der Waals surface area contributed by atoms with Crippen molar-refractivity contribution in [3.63, 3.8) is 0 Å². The number of carbonyl (C=O) groups excluding carboxylic acids is 6. The molecule has 7 atom stereocenters. The maximum Gasteiger partial charge on any atom is 0.243 e. The van der Waals surface area contributed by atoms with E-state index < -0.39 is 71.7 Å². The van der Waals surface area contributed by atoms with Crippen molar-refractivity contribution < 1.29 is 28.8 Å². The van der Waals surface area contributed by atoms with Gasteiger partial charge in [0.25, 0.3) is 0 Å². The molecular weight excluding hydrogens is 504 g/mol. The van der Waals surface area contributed by atoms with Gasteiger partial charge in [-0.05, 0) is 51.4 Å². The fraction of sp³-hybridized carbons (Fsp3) is 0.778. The molecule has 6 amide bonds. The van der Waals surface area contributed by atoms with Crippen LogP contribution in [0.1, 0.15) is 81.6 Å². The summed E-state index contributed by atoms with van der Waals surface area (Å²) in [5, 5.41) is 15.9. The van der Waals surface area contributed by atoms with Crippen LogP contribution in [-0.2, 0) is 28.8 Å². The first kappa shape index (κ1) is 33.8.